The predicted molar refractivity (Wildman–Crippen MR) is 76.1 cm³/mol. The van der Waals surface area contributed by atoms with Gasteiger partial charge in [0, 0.05) is 6.10 Å². The number of hydrogen-bond acceptors (Lipinski definition) is 1. The minimum Gasteiger partial charge on any atom is -0.411 e. The van der Waals surface area contributed by atoms with Crippen molar-refractivity contribution in [3.8, 4) is 0 Å². The third kappa shape index (κ3) is 6.49. The first-order valence-electron chi connectivity index (χ1n) is 6.80. The van der Waals surface area contributed by atoms with Gasteiger partial charge in [-0.05, 0) is 38.3 Å². The summed E-state index contributed by atoms with van der Waals surface area (Å²) in [5, 5.41) is 0. The maximum Gasteiger partial charge on any atom is 0.210 e. The van der Waals surface area contributed by atoms with Gasteiger partial charge < -0.3 is 4.43 Å². The van der Waals surface area contributed by atoms with Crippen LogP contribution in [0.1, 0.15) is 52.9 Å². The van der Waals surface area contributed by atoms with Gasteiger partial charge in [0.2, 0.25) is 8.32 Å². The quantitative estimate of drug-likeness (QED) is 0.521. The molecule has 1 nitrogen and oxygen atoms in total. The molecule has 0 aliphatic carbocycles. The van der Waals surface area contributed by atoms with E-state index in [1.807, 2.05) is 5.70 Å². The van der Waals surface area contributed by atoms with Gasteiger partial charge in [-0.2, -0.15) is 0 Å². The Bertz CT molecular complexity index is 185. The Kier molecular flexibility index (Phi) is 8.03. The lowest BCUT2D eigenvalue weighted by molar-refractivity contribution is 0.169. The molecule has 2 heteroatoms. The second-order valence-electron chi connectivity index (χ2n) is 5.22. The molecule has 0 aromatic carbocycles. The molecule has 0 bridgehead atoms. The van der Waals surface area contributed by atoms with Crippen molar-refractivity contribution in [3.05, 3.63) is 12.3 Å². The standard InChI is InChI=1S/C14H30OSi/c1-7-13(8-2)11-12-14(9-3)15-16(5,6)10-4/h10,13-14H,4,7-9,11-12H2,1-3,5-6H3. The summed E-state index contributed by atoms with van der Waals surface area (Å²) in [5.41, 5.74) is 2.03. The Balaban J connectivity index is 4.05. The molecule has 0 heterocycles. The van der Waals surface area contributed by atoms with Gasteiger partial charge in [0.1, 0.15) is 0 Å². The maximum atomic E-state index is 6.20. The largest absolute Gasteiger partial charge is 0.411 e. The average Bonchev–Trinajstić information content (AvgIpc) is 2.28. The predicted octanol–water partition coefficient (Wildman–Crippen LogP) is 4.93. The minimum atomic E-state index is -1.59. The van der Waals surface area contributed by atoms with Crippen molar-refractivity contribution in [2.45, 2.75) is 72.1 Å². The van der Waals surface area contributed by atoms with Gasteiger partial charge in [-0.3, -0.25) is 0 Å². The second kappa shape index (κ2) is 8.07. The van der Waals surface area contributed by atoms with E-state index in [4.69, 9.17) is 4.43 Å². The van der Waals surface area contributed by atoms with E-state index in [0.717, 1.165) is 12.3 Å². The lowest BCUT2D eigenvalue weighted by atomic mass is 9.95. The molecule has 0 aliphatic heterocycles. The molecule has 0 amide bonds. The summed E-state index contributed by atoms with van der Waals surface area (Å²) in [6, 6.07) is 0. The van der Waals surface area contributed by atoms with E-state index in [-0.39, 0.29) is 0 Å². The van der Waals surface area contributed by atoms with Crippen LogP contribution in [0.25, 0.3) is 0 Å². The zero-order chi connectivity index (χ0) is 12.6. The molecular weight excluding hydrogens is 212 g/mol. The lowest BCUT2D eigenvalue weighted by Crippen LogP contribution is -2.33. The van der Waals surface area contributed by atoms with Gasteiger partial charge >= 0.3 is 0 Å². The highest BCUT2D eigenvalue weighted by molar-refractivity contribution is 6.76. The summed E-state index contributed by atoms with van der Waals surface area (Å²) in [6.45, 7) is 15.1. The Morgan fingerprint density at radius 3 is 2.00 bits per heavy atom. The Hall–Kier alpha value is -0.0831. The van der Waals surface area contributed by atoms with Crippen LogP contribution in [0.15, 0.2) is 12.3 Å². The third-order valence-electron chi connectivity index (χ3n) is 3.47. The molecule has 0 rings (SSSR count). The van der Waals surface area contributed by atoms with E-state index in [0.29, 0.717) is 6.10 Å². The Morgan fingerprint density at radius 1 is 1.06 bits per heavy atom. The molecule has 0 saturated carbocycles. The molecule has 96 valence electrons. The van der Waals surface area contributed by atoms with Crippen LogP contribution in [0, 0.1) is 5.92 Å². The van der Waals surface area contributed by atoms with Crippen molar-refractivity contribution in [3.63, 3.8) is 0 Å². The van der Waals surface area contributed by atoms with Crippen molar-refractivity contribution >= 4 is 8.32 Å². The molecule has 1 unspecified atom stereocenters. The van der Waals surface area contributed by atoms with Gasteiger partial charge in [0.05, 0.1) is 0 Å². The fourth-order valence-electron chi connectivity index (χ4n) is 1.94. The second-order valence-corrected chi connectivity index (χ2v) is 9.07. The van der Waals surface area contributed by atoms with Crippen LogP contribution >= 0.6 is 0 Å². The summed E-state index contributed by atoms with van der Waals surface area (Å²) >= 11 is 0. The summed E-state index contributed by atoms with van der Waals surface area (Å²) in [6.07, 6.45) is 6.70. The van der Waals surface area contributed by atoms with Gasteiger partial charge in [-0.25, -0.2) is 0 Å². The highest BCUT2D eigenvalue weighted by Crippen LogP contribution is 2.21. The van der Waals surface area contributed by atoms with Gasteiger partial charge in [0.25, 0.3) is 0 Å². The van der Waals surface area contributed by atoms with E-state index in [9.17, 15) is 0 Å². The van der Waals surface area contributed by atoms with Crippen LogP contribution in [-0.4, -0.2) is 14.4 Å². The molecule has 0 spiro atoms. The van der Waals surface area contributed by atoms with Gasteiger partial charge in [0.15, 0.2) is 0 Å². The van der Waals surface area contributed by atoms with E-state index < -0.39 is 8.32 Å². The maximum absolute atomic E-state index is 6.20. The summed E-state index contributed by atoms with van der Waals surface area (Å²) in [7, 11) is -1.59. The topological polar surface area (TPSA) is 9.23 Å². The van der Waals surface area contributed by atoms with Crippen LogP contribution in [0.2, 0.25) is 13.1 Å². The number of hydrogen-bond donors (Lipinski definition) is 0. The van der Waals surface area contributed by atoms with E-state index in [1.165, 1.54) is 25.7 Å². The summed E-state index contributed by atoms with van der Waals surface area (Å²) in [5.74, 6) is 0.881. The first-order chi connectivity index (χ1) is 7.49. The average molecular weight is 242 g/mol. The zero-order valence-electron chi connectivity index (χ0n) is 11.9. The first-order valence-corrected chi connectivity index (χ1v) is 9.78. The normalized spacial score (nSPS) is 14.1. The van der Waals surface area contributed by atoms with Crippen molar-refractivity contribution in [1.29, 1.82) is 0 Å². The lowest BCUT2D eigenvalue weighted by Gasteiger charge is -2.27. The smallest absolute Gasteiger partial charge is 0.210 e. The fourth-order valence-corrected chi connectivity index (χ4v) is 3.18. The molecule has 0 aliphatic rings. The van der Waals surface area contributed by atoms with Crippen molar-refractivity contribution < 1.29 is 4.43 Å². The first kappa shape index (κ1) is 15.9. The van der Waals surface area contributed by atoms with Crippen molar-refractivity contribution in [1.82, 2.24) is 0 Å². The molecule has 0 radical (unpaired) electrons. The molecule has 16 heavy (non-hydrogen) atoms. The molecular formula is C14H30OSi. The minimum absolute atomic E-state index is 0.445. The zero-order valence-corrected chi connectivity index (χ0v) is 12.9. The third-order valence-corrected chi connectivity index (χ3v) is 5.39. The SMILES string of the molecule is C=C[Si](C)(C)OC(CC)CCC(CC)CC. The van der Waals surface area contributed by atoms with Crippen LogP contribution < -0.4 is 0 Å². The molecule has 0 aromatic rings. The summed E-state index contributed by atoms with van der Waals surface area (Å²) < 4.78 is 6.20. The molecule has 0 fully saturated rings. The fraction of sp³-hybridized carbons (Fsp3) is 0.857. The van der Waals surface area contributed by atoms with Gasteiger partial charge in [-0.15, -0.1) is 6.58 Å². The monoisotopic (exact) mass is 242 g/mol. The highest BCUT2D eigenvalue weighted by atomic mass is 28.4. The van der Waals surface area contributed by atoms with Crippen molar-refractivity contribution in [2.24, 2.45) is 5.92 Å². The van der Waals surface area contributed by atoms with E-state index in [1.54, 1.807) is 0 Å². The van der Waals surface area contributed by atoms with Gasteiger partial charge in [-0.1, -0.05) is 39.3 Å². The Morgan fingerprint density at radius 2 is 1.62 bits per heavy atom. The molecule has 0 N–H and O–H groups in total. The summed E-state index contributed by atoms with van der Waals surface area (Å²) in [4.78, 5) is 0. The molecule has 0 aromatic heterocycles. The van der Waals surface area contributed by atoms with Crippen LogP contribution in [-0.2, 0) is 4.43 Å². The molecule has 0 saturated heterocycles. The highest BCUT2D eigenvalue weighted by Gasteiger charge is 2.22. The van der Waals surface area contributed by atoms with Crippen LogP contribution in [0.3, 0.4) is 0 Å². The van der Waals surface area contributed by atoms with E-state index in [2.05, 4.69) is 40.4 Å². The Labute approximate surface area is 103 Å². The number of rotatable bonds is 9. The van der Waals surface area contributed by atoms with E-state index >= 15 is 0 Å². The van der Waals surface area contributed by atoms with Crippen LogP contribution in [0.5, 0.6) is 0 Å². The van der Waals surface area contributed by atoms with Crippen LogP contribution in [0.4, 0.5) is 0 Å². The van der Waals surface area contributed by atoms with Crippen molar-refractivity contribution in [2.75, 3.05) is 0 Å². The molecule has 1 atom stereocenters.